The molecule has 5 N–H and O–H groups in total. The fourth-order valence-electron chi connectivity index (χ4n) is 6.68. The maximum Gasteiger partial charge on any atom is 0.297 e. The molecule has 0 aliphatic carbocycles. The lowest BCUT2D eigenvalue weighted by atomic mass is 10.1. The van der Waals surface area contributed by atoms with E-state index in [2.05, 4.69) is 25.5 Å². The first-order valence-electron chi connectivity index (χ1n) is 19.0. The maximum absolute atomic E-state index is 13.7. The molecule has 4 heterocycles. The van der Waals surface area contributed by atoms with Crippen molar-refractivity contribution >= 4 is 62.2 Å². The summed E-state index contributed by atoms with van der Waals surface area (Å²) in [6, 6.07) is 9.60. The predicted octanol–water partition coefficient (Wildman–Crippen LogP) is 3.95. The number of rotatable bonds is 18. The fourth-order valence-corrected chi connectivity index (χ4v) is 7.77. The zero-order valence-corrected chi connectivity index (χ0v) is 35.2. The average molecular weight is 842 g/mol. The van der Waals surface area contributed by atoms with E-state index in [1.807, 2.05) is 26.0 Å². The number of fused-ring (bicyclic) bond motifs is 2. The van der Waals surface area contributed by atoms with Crippen LogP contribution >= 0.6 is 11.3 Å². The number of imidazole rings is 1. The number of nitrogens with zero attached hydrogens (tertiary/aromatic N) is 8. The summed E-state index contributed by atoms with van der Waals surface area (Å²) in [5.74, 6) is -1.44. The molecule has 20 heteroatoms. The number of hydrogen-bond acceptors (Lipinski definition) is 12. The lowest BCUT2D eigenvalue weighted by Crippen LogP contribution is -2.20. The van der Waals surface area contributed by atoms with Crippen LogP contribution in [0.3, 0.4) is 0 Å². The van der Waals surface area contributed by atoms with Crippen LogP contribution in [0.25, 0.3) is 21.3 Å². The number of anilines is 1. The number of hydrogen-bond donors (Lipinski definition) is 3. The van der Waals surface area contributed by atoms with Crippen molar-refractivity contribution in [1.29, 1.82) is 0 Å². The van der Waals surface area contributed by atoms with Crippen molar-refractivity contribution in [2.45, 2.75) is 66.6 Å². The Balaban J connectivity index is 1.44. The molecule has 4 aromatic heterocycles. The van der Waals surface area contributed by atoms with E-state index in [-0.39, 0.29) is 36.8 Å². The predicted molar refractivity (Wildman–Crippen MR) is 223 cm³/mol. The zero-order chi connectivity index (χ0) is 43.2. The molecule has 0 atom stereocenters. The monoisotopic (exact) mass is 841 g/mol. The topological polar surface area (TPSA) is 240 Å². The molecule has 0 radical (unpaired) electrons. The SMILES string of the molecule is CCn1nc(C)cc1C(=O)N=c1sc2cc(C(N)=O)cc(OCCC(OC)OC)c2n1C/C=C/Cn1c(NC(=O)c2cc(C)nn2CC)nc2cc(C(N)=O)cc(OC)c21. The number of nitrogens with one attached hydrogen (secondary N) is 1. The number of allylic oxidation sites excluding steroid dienone is 2. The van der Waals surface area contributed by atoms with Gasteiger partial charge in [0.1, 0.15) is 33.9 Å². The molecule has 4 amide bonds. The smallest absolute Gasteiger partial charge is 0.297 e. The molecule has 0 saturated heterocycles. The van der Waals surface area contributed by atoms with E-state index < -0.39 is 29.9 Å². The number of thiazole rings is 1. The van der Waals surface area contributed by atoms with E-state index in [1.165, 1.54) is 44.8 Å². The van der Waals surface area contributed by atoms with Crippen LogP contribution in [0.5, 0.6) is 11.5 Å². The second kappa shape index (κ2) is 18.5. The summed E-state index contributed by atoms with van der Waals surface area (Å²) in [6.45, 7) is 8.80. The summed E-state index contributed by atoms with van der Waals surface area (Å²) >= 11 is 1.19. The minimum Gasteiger partial charge on any atom is -0.494 e. The summed E-state index contributed by atoms with van der Waals surface area (Å²) in [4.78, 5) is 61.6. The number of nitrogens with two attached hydrogens (primary N) is 2. The van der Waals surface area contributed by atoms with Crippen LogP contribution < -0.4 is 31.1 Å². The van der Waals surface area contributed by atoms with Crippen molar-refractivity contribution in [3.05, 3.63) is 87.3 Å². The van der Waals surface area contributed by atoms with Crippen LogP contribution in [0, 0.1) is 13.8 Å². The summed E-state index contributed by atoms with van der Waals surface area (Å²) < 4.78 is 29.9. The van der Waals surface area contributed by atoms with Gasteiger partial charge in [0, 0.05) is 57.9 Å². The van der Waals surface area contributed by atoms with E-state index in [0.29, 0.717) is 79.8 Å². The molecule has 0 unspecified atom stereocenters. The van der Waals surface area contributed by atoms with Gasteiger partial charge in [-0.3, -0.25) is 33.9 Å². The minimum absolute atomic E-state index is 0.163. The zero-order valence-electron chi connectivity index (χ0n) is 34.3. The minimum atomic E-state index is -0.671. The lowest BCUT2D eigenvalue weighted by Gasteiger charge is -2.15. The van der Waals surface area contributed by atoms with Crippen molar-refractivity contribution in [2.24, 2.45) is 16.5 Å². The number of carbonyl (C=O) groups is 4. The van der Waals surface area contributed by atoms with E-state index in [1.54, 1.807) is 56.6 Å². The number of primary amides is 2. The van der Waals surface area contributed by atoms with Gasteiger partial charge in [-0.15, -0.1) is 0 Å². The van der Waals surface area contributed by atoms with Gasteiger partial charge in [0.2, 0.25) is 17.8 Å². The number of ether oxygens (including phenoxy) is 4. The molecule has 316 valence electrons. The van der Waals surface area contributed by atoms with Crippen molar-refractivity contribution in [3.8, 4) is 11.5 Å². The molecule has 0 aliphatic rings. The highest BCUT2D eigenvalue weighted by Crippen LogP contribution is 2.32. The van der Waals surface area contributed by atoms with E-state index >= 15 is 0 Å². The van der Waals surface area contributed by atoms with Crippen LogP contribution in [-0.2, 0) is 35.7 Å². The fraction of sp³-hybridized carbons (Fsp3) is 0.350. The summed E-state index contributed by atoms with van der Waals surface area (Å²) in [7, 11) is 4.51. The third kappa shape index (κ3) is 8.99. The Labute approximate surface area is 348 Å². The molecule has 19 nitrogen and oxygen atoms in total. The van der Waals surface area contributed by atoms with Gasteiger partial charge in [0.25, 0.3) is 11.8 Å². The largest absolute Gasteiger partial charge is 0.494 e. The highest BCUT2D eigenvalue weighted by atomic mass is 32.1. The maximum atomic E-state index is 13.7. The van der Waals surface area contributed by atoms with Gasteiger partial charge in [-0.25, -0.2) is 4.98 Å². The molecule has 60 heavy (non-hydrogen) atoms. The summed E-state index contributed by atoms with van der Waals surface area (Å²) in [5.41, 5.74) is 15.2. The summed E-state index contributed by atoms with van der Waals surface area (Å²) in [5, 5.41) is 11.7. The molecule has 0 spiro atoms. The van der Waals surface area contributed by atoms with Gasteiger partial charge < -0.3 is 39.5 Å². The Bertz CT molecular complexity index is 2700. The van der Waals surface area contributed by atoms with E-state index in [9.17, 15) is 19.2 Å². The first-order chi connectivity index (χ1) is 28.8. The Hall–Kier alpha value is -6.64. The molecular weight excluding hydrogens is 795 g/mol. The van der Waals surface area contributed by atoms with Crippen LogP contribution in [0.15, 0.2) is 53.5 Å². The third-order valence-corrected chi connectivity index (χ3v) is 10.5. The highest BCUT2D eigenvalue weighted by Gasteiger charge is 2.22. The molecule has 6 aromatic rings. The number of methoxy groups -OCH3 is 3. The quantitative estimate of drug-likeness (QED) is 0.0827. The molecular formula is C40H47N11O8S. The molecule has 0 saturated carbocycles. The second-order valence-corrected chi connectivity index (χ2v) is 14.5. The molecule has 0 bridgehead atoms. The second-order valence-electron chi connectivity index (χ2n) is 13.5. The highest BCUT2D eigenvalue weighted by molar-refractivity contribution is 7.16. The number of aromatic nitrogens is 7. The van der Waals surface area contributed by atoms with Crippen LogP contribution in [0.1, 0.15) is 73.3 Å². The van der Waals surface area contributed by atoms with Gasteiger partial charge in [0.15, 0.2) is 11.1 Å². The Kier molecular flexibility index (Phi) is 13.3. The molecule has 0 aliphatic heterocycles. The number of aryl methyl sites for hydroxylation is 4. The van der Waals surface area contributed by atoms with Gasteiger partial charge in [-0.2, -0.15) is 15.2 Å². The normalized spacial score (nSPS) is 12.0. The van der Waals surface area contributed by atoms with Gasteiger partial charge in [0.05, 0.1) is 35.3 Å². The Morgan fingerprint density at radius 3 is 2.03 bits per heavy atom. The van der Waals surface area contributed by atoms with Crippen molar-refractivity contribution < 1.29 is 38.1 Å². The van der Waals surface area contributed by atoms with Crippen LogP contribution in [0.4, 0.5) is 5.95 Å². The third-order valence-electron chi connectivity index (χ3n) is 9.49. The molecule has 6 rings (SSSR count). The lowest BCUT2D eigenvalue weighted by molar-refractivity contribution is -0.110. The molecule has 2 aromatic carbocycles. The molecule has 0 fully saturated rings. The van der Waals surface area contributed by atoms with Crippen molar-refractivity contribution in [3.63, 3.8) is 0 Å². The first-order valence-corrected chi connectivity index (χ1v) is 19.8. The number of benzene rings is 2. The number of carbonyl (C=O) groups excluding carboxylic acids is 4. The van der Waals surface area contributed by atoms with E-state index in [0.717, 1.165) is 0 Å². The van der Waals surface area contributed by atoms with Crippen molar-refractivity contribution in [1.82, 2.24) is 33.7 Å². The van der Waals surface area contributed by atoms with Crippen molar-refractivity contribution in [2.75, 3.05) is 33.3 Å². The average Bonchev–Trinajstić information content (AvgIpc) is 3.99. The standard InChI is InChI=1S/C40H47N11O8S/c1-8-50-27(16-22(3)46-50)37(54)44-39-43-26-18-24(35(41)52)19-29(56-5)33(26)48(39)13-10-11-14-49-34-30(59-15-12-32(57-6)58-7)20-25(36(42)53)21-31(34)60-40(49)45-38(55)28-17-23(4)47-51(28)9-2/h10-11,16-21,32H,8-9,12-15H2,1-7H3,(H2,41,52)(H2,42,53)(H,43,44,54)/b11-10+,45-40?. The number of amides is 4. The van der Waals surface area contributed by atoms with E-state index in [4.69, 9.17) is 30.4 Å². The first kappa shape index (κ1) is 43.0. The van der Waals surface area contributed by atoms with Gasteiger partial charge in [-0.1, -0.05) is 23.5 Å². The van der Waals surface area contributed by atoms with Gasteiger partial charge in [-0.05, 0) is 64.1 Å². The van der Waals surface area contributed by atoms with Gasteiger partial charge >= 0.3 is 0 Å². The summed E-state index contributed by atoms with van der Waals surface area (Å²) in [6.07, 6.45) is 3.54. The Morgan fingerprint density at radius 1 is 0.817 bits per heavy atom. The van der Waals surface area contributed by atoms with Crippen LogP contribution in [-0.4, -0.2) is 91.5 Å². The Morgan fingerprint density at radius 2 is 1.42 bits per heavy atom. The van der Waals surface area contributed by atoms with Crippen LogP contribution in [0.2, 0.25) is 0 Å².